The maximum Gasteiger partial charge on any atom is 0.337 e. The molecule has 0 amide bonds. The third-order valence-corrected chi connectivity index (χ3v) is 6.28. The molecule has 1 unspecified atom stereocenters. The quantitative estimate of drug-likeness (QED) is 0.429. The second kappa shape index (κ2) is 4.00. The van der Waals surface area contributed by atoms with Crippen LogP contribution in [0.4, 0.5) is 0 Å². The Morgan fingerprint density at radius 2 is 2.05 bits per heavy atom. The summed E-state index contributed by atoms with van der Waals surface area (Å²) in [6.45, 7) is 2.05. The van der Waals surface area contributed by atoms with E-state index in [9.17, 15) is 13.2 Å². The molecule has 7 heteroatoms. The smallest absolute Gasteiger partial charge is 0.337 e. The summed E-state index contributed by atoms with van der Waals surface area (Å²) >= 11 is 0. The Morgan fingerprint density at radius 1 is 1.29 bits per heavy atom. The van der Waals surface area contributed by atoms with Crippen molar-refractivity contribution >= 4 is 16.1 Å². The van der Waals surface area contributed by atoms with Crippen LogP contribution in [0.5, 0.6) is 0 Å². The number of rotatable bonds is 2. The molecule has 0 aromatic rings. The molecule has 2 heterocycles. The number of carbonyl (C=O) groups is 1. The minimum absolute atomic E-state index is 0.105. The van der Waals surface area contributed by atoms with E-state index in [0.29, 0.717) is 0 Å². The summed E-state index contributed by atoms with van der Waals surface area (Å²) in [4.78, 5) is 12.3. The van der Waals surface area contributed by atoms with Crippen molar-refractivity contribution in [3.8, 4) is 0 Å². The van der Waals surface area contributed by atoms with Gasteiger partial charge in [0.05, 0.1) is 11.9 Å². The van der Waals surface area contributed by atoms with Crippen molar-refractivity contribution in [2.75, 3.05) is 6.26 Å². The van der Waals surface area contributed by atoms with Gasteiger partial charge in [-0.15, -0.1) is 0 Å². The monoisotopic (exact) mass is 316 g/mol. The van der Waals surface area contributed by atoms with Gasteiger partial charge in [0.15, 0.2) is 6.10 Å². The lowest BCUT2D eigenvalue weighted by Crippen LogP contribution is -2.56. The predicted octanol–water partition coefficient (Wildman–Crippen LogP) is 0.994. The molecular formula is C14H20O6S. The van der Waals surface area contributed by atoms with Crippen LogP contribution in [0.15, 0.2) is 0 Å². The predicted molar refractivity (Wildman–Crippen MR) is 71.9 cm³/mol. The van der Waals surface area contributed by atoms with Gasteiger partial charge in [-0.3, -0.25) is 4.18 Å². The number of epoxide rings is 1. The van der Waals surface area contributed by atoms with Gasteiger partial charge in [0.2, 0.25) is 0 Å². The molecule has 0 bridgehead atoms. The first-order chi connectivity index (χ1) is 9.76. The summed E-state index contributed by atoms with van der Waals surface area (Å²) in [6.07, 6.45) is 4.53. The molecule has 2 aliphatic heterocycles. The van der Waals surface area contributed by atoms with Crippen LogP contribution in [0.3, 0.4) is 0 Å². The number of fused-ring (bicyclic) bond motifs is 1. The van der Waals surface area contributed by atoms with E-state index in [1.165, 1.54) is 0 Å². The lowest BCUT2D eigenvalue weighted by atomic mass is 9.59. The normalized spacial score (nSPS) is 51.6. The molecule has 21 heavy (non-hydrogen) atoms. The highest BCUT2D eigenvalue weighted by molar-refractivity contribution is 7.86. The molecule has 1 spiro atoms. The van der Waals surface area contributed by atoms with Gasteiger partial charge in [-0.2, -0.15) is 8.42 Å². The highest BCUT2D eigenvalue weighted by atomic mass is 32.2. The van der Waals surface area contributed by atoms with Crippen molar-refractivity contribution in [1.29, 1.82) is 0 Å². The fourth-order valence-corrected chi connectivity index (χ4v) is 5.45. The van der Waals surface area contributed by atoms with Crippen LogP contribution in [0, 0.1) is 11.8 Å². The maximum absolute atomic E-state index is 12.3. The molecule has 118 valence electrons. The van der Waals surface area contributed by atoms with Crippen molar-refractivity contribution < 1.29 is 26.9 Å². The summed E-state index contributed by atoms with van der Waals surface area (Å²) in [7, 11) is -3.69. The van der Waals surface area contributed by atoms with Crippen molar-refractivity contribution in [3.63, 3.8) is 0 Å². The highest BCUT2D eigenvalue weighted by Gasteiger charge is 2.77. The molecule has 2 aliphatic carbocycles. The summed E-state index contributed by atoms with van der Waals surface area (Å²) < 4.78 is 39.6. The molecule has 4 rings (SSSR count). The zero-order valence-electron chi connectivity index (χ0n) is 12.2. The Kier molecular flexibility index (Phi) is 2.66. The second-order valence-electron chi connectivity index (χ2n) is 7.08. The summed E-state index contributed by atoms with van der Waals surface area (Å²) in [5.74, 6) is -0.503. The van der Waals surface area contributed by atoms with E-state index in [1.54, 1.807) is 0 Å². The van der Waals surface area contributed by atoms with E-state index in [-0.39, 0.29) is 23.5 Å². The van der Waals surface area contributed by atoms with Gasteiger partial charge < -0.3 is 9.47 Å². The van der Waals surface area contributed by atoms with E-state index < -0.39 is 27.8 Å². The molecule has 0 radical (unpaired) electrons. The Labute approximate surface area is 124 Å². The molecule has 4 aliphatic rings. The Bertz CT molecular complexity index is 595. The molecule has 0 N–H and O–H groups in total. The van der Waals surface area contributed by atoms with Gasteiger partial charge in [0, 0.05) is 11.8 Å². The van der Waals surface area contributed by atoms with Gasteiger partial charge in [-0.1, -0.05) is 6.42 Å². The van der Waals surface area contributed by atoms with Crippen LogP contribution in [-0.2, 0) is 28.6 Å². The minimum Gasteiger partial charge on any atom is -0.453 e. The zero-order valence-corrected chi connectivity index (χ0v) is 13.0. The second-order valence-corrected chi connectivity index (χ2v) is 8.68. The Morgan fingerprint density at radius 3 is 2.76 bits per heavy atom. The number of hydrogen-bond acceptors (Lipinski definition) is 6. The van der Waals surface area contributed by atoms with Crippen LogP contribution >= 0.6 is 0 Å². The Hall–Kier alpha value is -0.660. The lowest BCUT2D eigenvalue weighted by Gasteiger charge is -2.46. The number of ether oxygens (including phenoxy) is 2. The zero-order chi connectivity index (χ0) is 15.0. The summed E-state index contributed by atoms with van der Waals surface area (Å²) in [6, 6.07) is 0. The van der Waals surface area contributed by atoms with E-state index >= 15 is 0 Å². The highest BCUT2D eigenvalue weighted by Crippen LogP contribution is 2.64. The SMILES string of the molecule is C[C@@]12CC[C@H]3CCC[C@H]4C(OS(C)(=O)=O)C(=O)O[C@]34[C@@H]1O2. The molecule has 6 nitrogen and oxygen atoms in total. The van der Waals surface area contributed by atoms with Crippen LogP contribution < -0.4 is 0 Å². The summed E-state index contributed by atoms with van der Waals surface area (Å²) in [5, 5.41) is 0. The fourth-order valence-electron chi connectivity index (χ4n) is 4.86. The first-order valence-electron chi connectivity index (χ1n) is 7.55. The van der Waals surface area contributed by atoms with Gasteiger partial charge >= 0.3 is 5.97 Å². The molecular weight excluding hydrogens is 296 g/mol. The van der Waals surface area contributed by atoms with E-state index in [4.69, 9.17) is 13.7 Å². The van der Waals surface area contributed by atoms with Crippen molar-refractivity contribution in [3.05, 3.63) is 0 Å². The van der Waals surface area contributed by atoms with Crippen molar-refractivity contribution in [2.24, 2.45) is 11.8 Å². The number of esters is 1. The lowest BCUT2D eigenvalue weighted by molar-refractivity contribution is -0.164. The topological polar surface area (TPSA) is 82.2 Å². The molecule has 4 fully saturated rings. The van der Waals surface area contributed by atoms with Crippen LogP contribution in [0.1, 0.15) is 39.0 Å². The molecule has 0 aromatic heterocycles. The molecule has 2 saturated carbocycles. The molecule has 6 atom stereocenters. The third-order valence-electron chi connectivity index (χ3n) is 5.72. The fraction of sp³-hybridized carbons (Fsp3) is 0.929. The van der Waals surface area contributed by atoms with Gasteiger partial charge in [-0.25, -0.2) is 4.79 Å². The van der Waals surface area contributed by atoms with Gasteiger partial charge in [0.1, 0.15) is 11.7 Å². The van der Waals surface area contributed by atoms with E-state index in [1.807, 2.05) is 6.92 Å². The molecule has 0 aromatic carbocycles. The first-order valence-corrected chi connectivity index (χ1v) is 9.37. The average molecular weight is 316 g/mol. The van der Waals surface area contributed by atoms with Crippen LogP contribution in [0.2, 0.25) is 0 Å². The standard InChI is InChI=1S/C14H20O6S/c1-13-7-6-8-4-3-5-9-10(20-21(2,16)17)11(15)18-14(8,9)12(13)19-13/h8-10,12H,3-7H2,1-2H3/t8-,9+,10?,12-,13-,14-/m1/s1. The third kappa shape index (κ3) is 1.83. The van der Waals surface area contributed by atoms with Gasteiger partial charge in [-0.05, 0) is 32.6 Å². The largest absolute Gasteiger partial charge is 0.453 e. The Balaban J connectivity index is 1.73. The van der Waals surface area contributed by atoms with E-state index in [2.05, 4.69) is 0 Å². The van der Waals surface area contributed by atoms with Crippen LogP contribution in [-0.4, -0.2) is 44.1 Å². The van der Waals surface area contributed by atoms with Gasteiger partial charge in [0.25, 0.3) is 10.1 Å². The average Bonchev–Trinajstić information content (AvgIpc) is 3.00. The first kappa shape index (κ1) is 14.0. The molecule has 2 saturated heterocycles. The number of carbonyl (C=O) groups excluding carboxylic acids is 1. The number of hydrogen-bond donors (Lipinski definition) is 0. The maximum atomic E-state index is 12.3. The van der Waals surface area contributed by atoms with Crippen molar-refractivity contribution in [2.45, 2.75) is 62.4 Å². The van der Waals surface area contributed by atoms with E-state index in [0.717, 1.165) is 38.4 Å². The van der Waals surface area contributed by atoms with Crippen molar-refractivity contribution in [1.82, 2.24) is 0 Å². The minimum atomic E-state index is -3.69. The summed E-state index contributed by atoms with van der Waals surface area (Å²) in [5.41, 5.74) is -0.885. The van der Waals surface area contributed by atoms with Crippen LogP contribution in [0.25, 0.3) is 0 Å².